The van der Waals surface area contributed by atoms with Crippen molar-refractivity contribution < 1.29 is 13.5 Å². The van der Waals surface area contributed by atoms with Gasteiger partial charge in [0, 0.05) is 11.8 Å². The highest BCUT2D eigenvalue weighted by atomic mass is 35.5. The minimum absolute atomic E-state index is 0.131. The summed E-state index contributed by atoms with van der Waals surface area (Å²) in [6.07, 6.45) is 0. The Labute approximate surface area is 102 Å². The van der Waals surface area contributed by atoms with Crippen LogP contribution in [0.15, 0.2) is 22.6 Å². The van der Waals surface area contributed by atoms with Gasteiger partial charge in [0.25, 0.3) is 0 Å². The van der Waals surface area contributed by atoms with Crippen molar-refractivity contribution in [1.29, 1.82) is 0 Å². The average molecular weight is 258 g/mol. The minimum atomic E-state index is -0.477. The van der Waals surface area contributed by atoms with E-state index in [1.54, 1.807) is 6.07 Å². The number of halogens is 2. The van der Waals surface area contributed by atoms with Crippen LogP contribution in [-0.4, -0.2) is 17.3 Å². The molecule has 1 heterocycles. The predicted molar refractivity (Wildman–Crippen MR) is 60.1 cm³/mol. The van der Waals surface area contributed by atoms with Crippen molar-refractivity contribution in [3.8, 4) is 5.75 Å². The van der Waals surface area contributed by atoms with Crippen LogP contribution < -0.4 is 10.1 Å². The van der Waals surface area contributed by atoms with E-state index in [4.69, 9.17) is 20.8 Å². The lowest BCUT2D eigenvalue weighted by molar-refractivity contribution is 0.386. The summed E-state index contributed by atoms with van der Waals surface area (Å²) < 4.78 is 23.3. The van der Waals surface area contributed by atoms with Crippen LogP contribution in [0, 0.1) is 5.82 Å². The van der Waals surface area contributed by atoms with Gasteiger partial charge in [-0.25, -0.2) is 4.39 Å². The van der Waals surface area contributed by atoms with Crippen molar-refractivity contribution in [2.24, 2.45) is 0 Å². The molecule has 5 nitrogen and oxygen atoms in total. The molecular weight excluding hydrogens is 249 g/mol. The first-order chi connectivity index (χ1) is 8.22. The van der Waals surface area contributed by atoms with Crippen molar-refractivity contribution in [2.45, 2.75) is 5.88 Å². The first kappa shape index (κ1) is 11.7. The monoisotopic (exact) mass is 257 g/mol. The summed E-state index contributed by atoms with van der Waals surface area (Å²) in [4.78, 5) is 0. The third-order valence-electron chi connectivity index (χ3n) is 1.98. The van der Waals surface area contributed by atoms with E-state index >= 15 is 0 Å². The third kappa shape index (κ3) is 2.65. The van der Waals surface area contributed by atoms with Crippen molar-refractivity contribution in [3.63, 3.8) is 0 Å². The molecule has 17 heavy (non-hydrogen) atoms. The maximum atomic E-state index is 13.4. The summed E-state index contributed by atoms with van der Waals surface area (Å²) in [5, 5.41) is 10.1. The molecule has 0 atom stereocenters. The molecular formula is C10H9ClFN3O2. The van der Waals surface area contributed by atoms with Crippen LogP contribution in [-0.2, 0) is 5.88 Å². The molecule has 7 heteroatoms. The highest BCUT2D eigenvalue weighted by Crippen LogP contribution is 2.23. The quantitative estimate of drug-likeness (QED) is 0.854. The molecule has 0 bridgehead atoms. The van der Waals surface area contributed by atoms with Gasteiger partial charge < -0.3 is 14.5 Å². The number of nitrogens with one attached hydrogen (secondary N) is 1. The lowest BCUT2D eigenvalue weighted by Crippen LogP contribution is -1.93. The normalized spacial score (nSPS) is 10.3. The second kappa shape index (κ2) is 5.01. The van der Waals surface area contributed by atoms with Gasteiger partial charge >= 0.3 is 6.01 Å². The minimum Gasteiger partial charge on any atom is -0.494 e. The number of aromatic nitrogens is 2. The molecule has 1 aromatic heterocycles. The Bertz CT molecular complexity index is 518. The summed E-state index contributed by atoms with van der Waals surface area (Å²) in [6.45, 7) is 0. The SMILES string of the molecule is COc1ccc(Nc2nnc(CCl)o2)cc1F. The summed E-state index contributed by atoms with van der Waals surface area (Å²) in [7, 11) is 1.40. The van der Waals surface area contributed by atoms with Crippen LogP contribution in [0.4, 0.5) is 16.1 Å². The zero-order valence-electron chi connectivity index (χ0n) is 8.91. The second-order valence-electron chi connectivity index (χ2n) is 3.11. The van der Waals surface area contributed by atoms with Gasteiger partial charge in [-0.2, -0.15) is 0 Å². The van der Waals surface area contributed by atoms with Crippen molar-refractivity contribution in [2.75, 3.05) is 12.4 Å². The maximum Gasteiger partial charge on any atom is 0.320 e. The van der Waals surface area contributed by atoms with Crippen molar-refractivity contribution >= 4 is 23.3 Å². The van der Waals surface area contributed by atoms with E-state index in [1.807, 2.05) is 0 Å². The summed E-state index contributed by atoms with van der Waals surface area (Å²) in [6, 6.07) is 4.55. The maximum absolute atomic E-state index is 13.4. The fourth-order valence-electron chi connectivity index (χ4n) is 1.23. The summed E-state index contributed by atoms with van der Waals surface area (Å²) in [5.74, 6) is 0.117. The van der Waals surface area contributed by atoms with Crippen LogP contribution >= 0.6 is 11.6 Å². The molecule has 0 saturated heterocycles. The number of hydrogen-bond acceptors (Lipinski definition) is 5. The van der Waals surface area contributed by atoms with E-state index in [0.29, 0.717) is 11.6 Å². The smallest absolute Gasteiger partial charge is 0.320 e. The Morgan fingerprint density at radius 3 is 2.88 bits per heavy atom. The van der Waals surface area contributed by atoms with Crippen LogP contribution in [0.25, 0.3) is 0 Å². The Kier molecular flexibility index (Phi) is 3.43. The highest BCUT2D eigenvalue weighted by molar-refractivity contribution is 6.16. The van der Waals surface area contributed by atoms with E-state index < -0.39 is 5.82 Å². The molecule has 2 rings (SSSR count). The molecule has 1 aromatic carbocycles. The van der Waals surface area contributed by atoms with Crippen LogP contribution in [0.2, 0.25) is 0 Å². The fourth-order valence-corrected chi connectivity index (χ4v) is 1.33. The van der Waals surface area contributed by atoms with Gasteiger partial charge in [-0.1, -0.05) is 5.10 Å². The Morgan fingerprint density at radius 1 is 1.47 bits per heavy atom. The number of hydrogen-bond donors (Lipinski definition) is 1. The largest absolute Gasteiger partial charge is 0.494 e. The lowest BCUT2D eigenvalue weighted by atomic mass is 10.3. The van der Waals surface area contributed by atoms with Gasteiger partial charge in [-0.05, 0) is 12.1 Å². The molecule has 0 radical (unpaired) electrons. The van der Waals surface area contributed by atoms with E-state index in [9.17, 15) is 4.39 Å². The van der Waals surface area contributed by atoms with Gasteiger partial charge in [0.1, 0.15) is 5.88 Å². The molecule has 2 aromatic rings. The first-order valence-corrected chi connectivity index (χ1v) is 5.25. The van der Waals surface area contributed by atoms with Gasteiger partial charge in [-0.15, -0.1) is 16.7 Å². The average Bonchev–Trinajstić information content (AvgIpc) is 2.77. The molecule has 0 amide bonds. The zero-order chi connectivity index (χ0) is 12.3. The fraction of sp³-hybridized carbons (Fsp3) is 0.200. The zero-order valence-corrected chi connectivity index (χ0v) is 9.66. The Balaban J connectivity index is 2.15. The van der Waals surface area contributed by atoms with E-state index in [2.05, 4.69) is 15.5 Å². The molecule has 0 saturated carbocycles. The highest BCUT2D eigenvalue weighted by Gasteiger charge is 2.07. The standard InChI is InChI=1S/C10H9ClFN3O2/c1-16-8-3-2-6(4-7(8)12)13-10-15-14-9(5-11)17-10/h2-4H,5H2,1H3,(H,13,15). The van der Waals surface area contributed by atoms with Gasteiger partial charge in [0.15, 0.2) is 11.6 Å². The molecule has 90 valence electrons. The number of benzene rings is 1. The van der Waals surface area contributed by atoms with Crippen molar-refractivity contribution in [3.05, 3.63) is 29.9 Å². The number of rotatable bonds is 4. The van der Waals surface area contributed by atoms with Crippen LogP contribution in [0.3, 0.4) is 0 Å². The number of alkyl halides is 1. The molecule has 0 aliphatic rings. The van der Waals surface area contributed by atoms with E-state index in [1.165, 1.54) is 19.2 Å². The number of ether oxygens (including phenoxy) is 1. The molecule has 1 N–H and O–H groups in total. The van der Waals surface area contributed by atoms with Gasteiger partial charge in [0.2, 0.25) is 5.89 Å². The molecule has 0 spiro atoms. The second-order valence-corrected chi connectivity index (χ2v) is 3.38. The van der Waals surface area contributed by atoms with Crippen LogP contribution in [0.5, 0.6) is 5.75 Å². The van der Waals surface area contributed by atoms with E-state index in [0.717, 1.165) is 0 Å². The predicted octanol–water partition coefficient (Wildman–Crippen LogP) is 2.70. The molecule has 0 fully saturated rings. The molecule has 0 unspecified atom stereocenters. The van der Waals surface area contributed by atoms with Gasteiger partial charge in [0.05, 0.1) is 7.11 Å². The molecule has 0 aliphatic heterocycles. The van der Waals surface area contributed by atoms with Crippen molar-refractivity contribution in [1.82, 2.24) is 10.2 Å². The van der Waals surface area contributed by atoms with Gasteiger partial charge in [-0.3, -0.25) is 0 Å². The number of nitrogens with zero attached hydrogens (tertiary/aromatic N) is 2. The summed E-state index contributed by atoms with van der Waals surface area (Å²) in [5.41, 5.74) is 0.480. The van der Waals surface area contributed by atoms with Crippen LogP contribution in [0.1, 0.15) is 5.89 Å². The molecule has 0 aliphatic carbocycles. The lowest BCUT2D eigenvalue weighted by Gasteiger charge is -2.04. The summed E-state index contributed by atoms with van der Waals surface area (Å²) >= 11 is 5.51. The first-order valence-electron chi connectivity index (χ1n) is 4.72. The Morgan fingerprint density at radius 2 is 2.29 bits per heavy atom. The third-order valence-corrected chi connectivity index (χ3v) is 2.21. The Hall–Kier alpha value is -1.82. The topological polar surface area (TPSA) is 60.2 Å². The van der Waals surface area contributed by atoms with E-state index in [-0.39, 0.29) is 17.6 Å². The number of anilines is 2. The number of methoxy groups -OCH3 is 1.